The molecule has 20 nitrogen and oxygen atoms in total. The van der Waals surface area contributed by atoms with E-state index in [0.29, 0.717) is 41.9 Å². The molecule has 0 bridgehead atoms. The molecule has 5 aromatic heterocycles. The standard InChI is InChI=1S/C26H26BN2O4S.C23H24BN4O3S.C23H24BN3O4.CH4/c1-3-28(4-2)20-11-9-18-15-19(26(31)33-22(18)16-20)10-12-24-29(13-14-32-25(30)17-27)21-7-5-6-8-23(21)34-24;1-3-27(4-2)18-11-9-16(22-23(18)26-31-25-22)10-12-20-28(13-14-30-21(29)15-24)17-7-5-6-8-19(17)32-20;1-26(2)18-9-11-19-21(14-18)31-23(29)20(25-19)10-6-16-4-7-17(8-5-16)27(3)12-13-30-22(28)15-24;/h5-12,15-16H,3-4,13-14,17H2,1-2H3;5-12H,3-4,13-15H2,1-2H3;4-11,14H,12-13,15H2,1-3H3;1H4/q2*+1;;/b;;10-6+;. The van der Waals surface area contributed by atoms with Crippen LogP contribution in [0, 0.1) is 0 Å². The monoisotopic (exact) mass is 1350 g/mol. The number of likely N-dealkylation sites (N-methyl/N-ethyl adjacent to an activating group) is 1. The van der Waals surface area contributed by atoms with Crippen molar-refractivity contribution in [2.45, 2.75) is 67.2 Å². The molecule has 25 heteroatoms. The molecule has 11 aromatic rings. The van der Waals surface area contributed by atoms with Crippen LogP contribution in [0.1, 0.15) is 67.5 Å². The quantitative estimate of drug-likeness (QED) is 0.0162. The molecule has 0 saturated carbocycles. The zero-order valence-electron chi connectivity index (χ0n) is 55.3. The highest BCUT2D eigenvalue weighted by molar-refractivity contribution is 7.19. The Kier molecular flexibility index (Phi) is 26.9. The van der Waals surface area contributed by atoms with Crippen LogP contribution in [0.3, 0.4) is 0 Å². The van der Waals surface area contributed by atoms with Crippen LogP contribution < -0.4 is 40.0 Å². The molecule has 0 aliphatic rings. The number of ether oxygens (including phenoxy) is 3. The zero-order valence-corrected chi connectivity index (χ0v) is 57.0. The lowest BCUT2D eigenvalue weighted by atomic mass is 10.1. The number of para-hydroxylation sites is 2. The van der Waals surface area contributed by atoms with E-state index < -0.39 is 23.5 Å². The highest BCUT2D eigenvalue weighted by Crippen LogP contribution is 2.30. The minimum absolute atomic E-state index is 0. The van der Waals surface area contributed by atoms with Crippen molar-refractivity contribution in [1.82, 2.24) is 15.3 Å². The number of anilines is 4. The van der Waals surface area contributed by atoms with Crippen molar-refractivity contribution in [3.63, 3.8) is 0 Å². The average molecular weight is 1350 g/mol. The van der Waals surface area contributed by atoms with Gasteiger partial charge in [-0.05, 0) is 122 Å². The van der Waals surface area contributed by atoms with Gasteiger partial charge in [0.1, 0.15) is 38.3 Å². The molecule has 11 rings (SSSR count). The highest BCUT2D eigenvalue weighted by Gasteiger charge is 2.22. The number of aromatic nitrogens is 5. The summed E-state index contributed by atoms with van der Waals surface area (Å²) in [5.74, 6) is -1.26. The first-order valence-electron chi connectivity index (χ1n) is 31.8. The van der Waals surface area contributed by atoms with Gasteiger partial charge >= 0.3 is 11.3 Å². The predicted octanol–water partition coefficient (Wildman–Crippen LogP) is 11.9. The Morgan fingerprint density at radius 1 is 0.541 bits per heavy atom. The molecule has 0 saturated heterocycles. The van der Waals surface area contributed by atoms with Gasteiger partial charge in [0.25, 0.3) is 27.9 Å². The summed E-state index contributed by atoms with van der Waals surface area (Å²) in [6, 6.07) is 41.4. The molecule has 0 atom stereocenters. The first-order chi connectivity index (χ1) is 47.1. The van der Waals surface area contributed by atoms with Crippen molar-refractivity contribution in [2.24, 2.45) is 0 Å². The van der Waals surface area contributed by atoms with Gasteiger partial charge in [-0.15, -0.1) is 0 Å². The maximum absolute atomic E-state index is 12.7. The number of carbonyl (C=O) groups is 3. The van der Waals surface area contributed by atoms with Gasteiger partial charge in [0, 0.05) is 131 Å². The molecule has 0 N–H and O–H groups in total. The van der Waals surface area contributed by atoms with E-state index in [2.05, 4.69) is 86.2 Å². The second-order valence-electron chi connectivity index (χ2n) is 22.0. The van der Waals surface area contributed by atoms with Crippen molar-refractivity contribution in [3.05, 3.63) is 181 Å². The normalized spacial score (nSPS) is 11.3. The van der Waals surface area contributed by atoms with Gasteiger partial charge in [-0.1, -0.05) is 78.6 Å². The Labute approximate surface area is 581 Å². The van der Waals surface area contributed by atoms with Crippen molar-refractivity contribution in [3.8, 4) is 0 Å². The molecule has 98 heavy (non-hydrogen) atoms. The molecule has 500 valence electrons. The third-order valence-electron chi connectivity index (χ3n) is 15.7. The van der Waals surface area contributed by atoms with Crippen molar-refractivity contribution in [2.75, 3.05) is 93.3 Å². The number of fused-ring (bicyclic) bond motifs is 5. The average Bonchev–Trinajstić information content (AvgIpc) is 1.62. The minimum atomic E-state index is -0.483. The number of benzene rings is 6. The van der Waals surface area contributed by atoms with Gasteiger partial charge in [-0.25, -0.2) is 19.2 Å². The fraction of sp³-hybridized carbons (Fsp3) is 0.288. The number of hydrogen-bond donors (Lipinski definition) is 0. The molecule has 0 unspecified atom stereocenters. The molecule has 0 amide bonds. The second-order valence-corrected chi connectivity index (χ2v) is 24.2. The summed E-state index contributed by atoms with van der Waals surface area (Å²) in [5, 5.41) is 11.1. The summed E-state index contributed by atoms with van der Waals surface area (Å²) in [4.78, 5) is 71.7. The molecule has 6 aromatic carbocycles. The maximum atomic E-state index is 12.7. The Morgan fingerprint density at radius 3 is 1.65 bits per heavy atom. The van der Waals surface area contributed by atoms with Crippen LogP contribution in [-0.2, 0) is 41.7 Å². The van der Waals surface area contributed by atoms with E-state index in [9.17, 15) is 24.0 Å². The van der Waals surface area contributed by atoms with E-state index in [1.165, 1.54) is 0 Å². The van der Waals surface area contributed by atoms with E-state index in [-0.39, 0.29) is 57.5 Å². The molecular weight excluding hydrogens is 1280 g/mol. The summed E-state index contributed by atoms with van der Waals surface area (Å²) in [5.41, 5.74) is 10.9. The Balaban J connectivity index is 0.000000187. The summed E-state index contributed by atoms with van der Waals surface area (Å²) < 4.78 is 38.0. The second kappa shape index (κ2) is 35.7. The largest absolute Gasteiger partial charge is 0.464 e. The fourth-order valence-corrected chi connectivity index (χ4v) is 12.7. The summed E-state index contributed by atoms with van der Waals surface area (Å²) in [6.07, 6.45) is 10.8. The lowest BCUT2D eigenvalue weighted by Gasteiger charge is -2.20. The predicted molar refractivity (Wildman–Crippen MR) is 398 cm³/mol. The van der Waals surface area contributed by atoms with E-state index >= 15 is 0 Å². The van der Waals surface area contributed by atoms with Gasteiger partial charge in [0.05, 0.1) is 41.3 Å². The molecule has 6 radical (unpaired) electrons. The lowest BCUT2D eigenvalue weighted by Crippen LogP contribution is -2.37. The van der Waals surface area contributed by atoms with Crippen LogP contribution in [0.5, 0.6) is 0 Å². The Morgan fingerprint density at radius 2 is 1.07 bits per heavy atom. The number of nitrogens with zero attached hydrogens (tertiary/aromatic N) is 9. The van der Waals surface area contributed by atoms with Gasteiger partial charge in [-0.3, -0.25) is 14.4 Å². The lowest BCUT2D eigenvalue weighted by molar-refractivity contribution is -0.670. The molecule has 5 heterocycles. The SMILES string of the molecule is C.[B]CC(=O)OCCN(C)c1ccc(/C=C/c2nc3ccc(N(C)C)cc3oc2=O)cc1.[B]CC(=O)OCC[n+]1c(/C=C/c2cc3ccc(N(CC)CC)cc3oc2=O)sc2ccccc21.[B]CC(=O)OCC[n+]1c(/C=C/c2ccc(N(CC)CC)c3nonc23)sc2ccccc21. The van der Waals surface area contributed by atoms with Crippen molar-refractivity contribution < 1.29 is 51.2 Å². The van der Waals surface area contributed by atoms with Crippen LogP contribution in [-0.4, -0.2) is 130 Å². The minimum Gasteiger partial charge on any atom is -0.464 e. The van der Waals surface area contributed by atoms with E-state index in [1.54, 1.807) is 40.9 Å². The van der Waals surface area contributed by atoms with E-state index in [4.69, 9.17) is 51.2 Å². The van der Waals surface area contributed by atoms with Crippen LogP contribution in [0.25, 0.3) is 90.0 Å². The summed E-state index contributed by atoms with van der Waals surface area (Å²) >= 11 is 3.27. The fourth-order valence-electron chi connectivity index (χ4n) is 10.5. The number of hydrogen-bond acceptors (Lipinski definition) is 20. The van der Waals surface area contributed by atoms with Gasteiger partial charge in [0.2, 0.25) is 11.0 Å². The third-order valence-corrected chi connectivity index (χ3v) is 18.0. The van der Waals surface area contributed by atoms with Crippen LogP contribution in [0.15, 0.2) is 150 Å². The summed E-state index contributed by atoms with van der Waals surface area (Å²) in [6.45, 7) is 14.3. The molecule has 0 spiro atoms. The van der Waals surface area contributed by atoms with Gasteiger partial charge < -0.3 is 42.6 Å². The smallest absolute Gasteiger partial charge is 0.362 e. The van der Waals surface area contributed by atoms with Crippen LogP contribution >= 0.6 is 22.7 Å². The first-order valence-corrected chi connectivity index (χ1v) is 33.4. The van der Waals surface area contributed by atoms with E-state index in [0.717, 1.165) is 107 Å². The topological polar surface area (TPSA) is 212 Å². The zero-order chi connectivity index (χ0) is 69.0. The van der Waals surface area contributed by atoms with Crippen LogP contribution in [0.2, 0.25) is 19.0 Å². The van der Waals surface area contributed by atoms with Crippen molar-refractivity contribution in [1.29, 1.82) is 0 Å². The molecule has 0 fully saturated rings. The maximum Gasteiger partial charge on any atom is 0.362 e. The number of carbonyl (C=O) groups excluding carboxylic acids is 3. The third kappa shape index (κ3) is 18.7. The van der Waals surface area contributed by atoms with Gasteiger partial charge in [-0.2, -0.15) is 9.13 Å². The highest BCUT2D eigenvalue weighted by atomic mass is 32.1. The first kappa shape index (κ1) is 73.7. The molecule has 0 aliphatic heterocycles. The summed E-state index contributed by atoms with van der Waals surface area (Å²) in [7, 11) is 21.6. The van der Waals surface area contributed by atoms with Gasteiger partial charge in [0.15, 0.2) is 37.4 Å². The number of rotatable bonds is 26. The number of esters is 3. The Hall–Kier alpha value is -10.1. The molecular formula is C73H78B3N9O11S2+2. The van der Waals surface area contributed by atoms with Crippen molar-refractivity contribution >= 4 is 177 Å². The van der Waals surface area contributed by atoms with Crippen LogP contribution in [0.4, 0.5) is 22.7 Å². The van der Waals surface area contributed by atoms with E-state index in [1.807, 2.05) is 152 Å². The Bertz CT molecular complexity index is 4750. The molecule has 0 aliphatic carbocycles. The number of thiazole rings is 2.